The second kappa shape index (κ2) is 9.34. The van der Waals surface area contributed by atoms with Gasteiger partial charge in [-0.3, -0.25) is 4.79 Å². The van der Waals surface area contributed by atoms with Gasteiger partial charge in [0.25, 0.3) is 0 Å². The van der Waals surface area contributed by atoms with E-state index in [0.29, 0.717) is 6.54 Å². The van der Waals surface area contributed by atoms with Crippen molar-refractivity contribution in [3.63, 3.8) is 0 Å². The predicted molar refractivity (Wildman–Crippen MR) is 90.9 cm³/mol. The predicted octanol–water partition coefficient (Wildman–Crippen LogP) is 4.11. The molecular formula is C18H29NO3. The third kappa shape index (κ3) is 5.58. The summed E-state index contributed by atoms with van der Waals surface area (Å²) in [5.41, 5.74) is 2.14. The molecular weight excluding hydrogens is 278 g/mol. The van der Waals surface area contributed by atoms with Crippen LogP contribution in [0.25, 0.3) is 0 Å². The summed E-state index contributed by atoms with van der Waals surface area (Å²) in [6.45, 7) is 7.34. The molecule has 0 heterocycles. The van der Waals surface area contributed by atoms with Crippen LogP contribution in [0.3, 0.4) is 0 Å². The molecule has 1 aromatic carbocycles. The van der Waals surface area contributed by atoms with Crippen molar-refractivity contribution < 1.29 is 14.6 Å². The van der Waals surface area contributed by atoms with Gasteiger partial charge in [-0.25, -0.2) is 0 Å². The maximum absolute atomic E-state index is 11.2. The summed E-state index contributed by atoms with van der Waals surface area (Å²) in [7, 11) is 1.66. The number of methoxy groups -OCH3 is 1. The molecule has 0 radical (unpaired) electrons. The third-order valence-electron chi connectivity index (χ3n) is 3.87. The number of hydrogen-bond acceptors (Lipinski definition) is 3. The first-order chi connectivity index (χ1) is 10.5. The quantitative estimate of drug-likeness (QED) is 0.661. The number of carboxylic acids is 1. The number of unbranched alkanes of at least 4 members (excludes halogenated alkanes) is 3. The van der Waals surface area contributed by atoms with Gasteiger partial charge in [0.05, 0.1) is 18.7 Å². The first kappa shape index (κ1) is 18.3. The Morgan fingerprint density at radius 1 is 1.32 bits per heavy atom. The molecule has 124 valence electrons. The fourth-order valence-corrected chi connectivity index (χ4v) is 2.50. The fraction of sp³-hybridized carbons (Fsp3) is 0.611. The Kier molecular flexibility index (Phi) is 7.78. The van der Waals surface area contributed by atoms with E-state index in [9.17, 15) is 9.90 Å². The van der Waals surface area contributed by atoms with Crippen LogP contribution in [0.15, 0.2) is 18.2 Å². The molecule has 0 saturated carbocycles. The number of benzene rings is 1. The highest BCUT2D eigenvalue weighted by molar-refractivity contribution is 5.71. The molecule has 0 aromatic heterocycles. The number of ether oxygens (including phenoxy) is 1. The number of nitrogens with zero attached hydrogens (tertiary/aromatic N) is 1. The molecule has 1 unspecified atom stereocenters. The molecule has 22 heavy (non-hydrogen) atoms. The zero-order valence-corrected chi connectivity index (χ0v) is 14.3. The molecule has 1 aromatic rings. The van der Waals surface area contributed by atoms with Crippen molar-refractivity contribution in [2.24, 2.45) is 5.92 Å². The molecule has 1 rings (SSSR count). The molecule has 0 saturated heterocycles. The van der Waals surface area contributed by atoms with E-state index in [1.807, 2.05) is 19.1 Å². The fourth-order valence-electron chi connectivity index (χ4n) is 2.50. The van der Waals surface area contributed by atoms with E-state index in [0.717, 1.165) is 30.0 Å². The van der Waals surface area contributed by atoms with Crippen LogP contribution in [0.2, 0.25) is 0 Å². The van der Waals surface area contributed by atoms with Gasteiger partial charge in [0, 0.05) is 13.1 Å². The minimum absolute atomic E-state index is 0.406. The van der Waals surface area contributed by atoms with Crippen LogP contribution in [0.4, 0.5) is 5.69 Å². The van der Waals surface area contributed by atoms with E-state index < -0.39 is 11.9 Å². The van der Waals surface area contributed by atoms with E-state index in [-0.39, 0.29) is 0 Å². The number of rotatable bonds is 10. The lowest BCUT2D eigenvalue weighted by molar-refractivity contribution is -0.140. The molecule has 1 N–H and O–H groups in total. The number of aryl methyl sites for hydroxylation is 1. The minimum atomic E-state index is -0.759. The average molecular weight is 307 g/mol. The van der Waals surface area contributed by atoms with E-state index in [1.54, 1.807) is 14.0 Å². The number of aliphatic carboxylic acids is 1. The van der Waals surface area contributed by atoms with Crippen LogP contribution in [0.5, 0.6) is 5.75 Å². The maximum Gasteiger partial charge on any atom is 0.308 e. The maximum atomic E-state index is 11.2. The first-order valence-corrected chi connectivity index (χ1v) is 8.12. The molecule has 1 atom stereocenters. The second-order valence-corrected chi connectivity index (χ2v) is 5.92. The summed E-state index contributed by atoms with van der Waals surface area (Å²) in [6.07, 6.45) is 4.65. The van der Waals surface area contributed by atoms with Gasteiger partial charge in [0.2, 0.25) is 0 Å². The first-order valence-electron chi connectivity index (χ1n) is 8.12. The number of hydrogen-bond donors (Lipinski definition) is 1. The Morgan fingerprint density at radius 3 is 2.64 bits per heavy atom. The van der Waals surface area contributed by atoms with Crippen molar-refractivity contribution in [2.45, 2.75) is 46.5 Å². The van der Waals surface area contributed by atoms with Crippen molar-refractivity contribution in [3.05, 3.63) is 23.8 Å². The van der Waals surface area contributed by atoms with Crippen LogP contribution in [0, 0.1) is 12.8 Å². The minimum Gasteiger partial charge on any atom is -0.495 e. The Labute approximate surface area is 134 Å². The van der Waals surface area contributed by atoms with Gasteiger partial charge in [-0.05, 0) is 31.0 Å². The molecule has 0 bridgehead atoms. The Hall–Kier alpha value is -1.71. The Bertz CT molecular complexity index is 473. The monoisotopic (exact) mass is 307 g/mol. The molecule has 0 aliphatic carbocycles. The molecule has 0 fully saturated rings. The van der Waals surface area contributed by atoms with Crippen LogP contribution in [-0.4, -0.2) is 31.3 Å². The number of anilines is 1. The smallest absolute Gasteiger partial charge is 0.308 e. The summed E-state index contributed by atoms with van der Waals surface area (Å²) in [5.74, 6) is -0.361. The van der Waals surface area contributed by atoms with Gasteiger partial charge >= 0.3 is 5.97 Å². The van der Waals surface area contributed by atoms with Crippen LogP contribution in [-0.2, 0) is 4.79 Å². The van der Waals surface area contributed by atoms with Crippen molar-refractivity contribution >= 4 is 11.7 Å². The van der Waals surface area contributed by atoms with Crippen molar-refractivity contribution in [2.75, 3.05) is 25.1 Å². The van der Waals surface area contributed by atoms with Gasteiger partial charge in [-0.2, -0.15) is 0 Å². The summed E-state index contributed by atoms with van der Waals surface area (Å²) < 4.78 is 5.46. The molecule has 4 nitrogen and oxygen atoms in total. The molecule has 4 heteroatoms. The number of carbonyl (C=O) groups is 1. The van der Waals surface area contributed by atoms with E-state index >= 15 is 0 Å². The summed E-state index contributed by atoms with van der Waals surface area (Å²) in [6, 6.07) is 6.04. The molecule has 0 spiro atoms. The highest BCUT2D eigenvalue weighted by atomic mass is 16.5. The molecule has 0 amide bonds. The zero-order valence-electron chi connectivity index (χ0n) is 14.3. The summed E-state index contributed by atoms with van der Waals surface area (Å²) in [5, 5.41) is 9.21. The third-order valence-corrected chi connectivity index (χ3v) is 3.87. The van der Waals surface area contributed by atoms with Gasteiger partial charge in [-0.15, -0.1) is 0 Å². The lowest BCUT2D eigenvalue weighted by Gasteiger charge is -2.28. The van der Waals surface area contributed by atoms with Gasteiger partial charge in [-0.1, -0.05) is 39.2 Å². The second-order valence-electron chi connectivity index (χ2n) is 5.92. The van der Waals surface area contributed by atoms with Crippen molar-refractivity contribution in [1.82, 2.24) is 0 Å². The van der Waals surface area contributed by atoms with Crippen molar-refractivity contribution in [1.29, 1.82) is 0 Å². The normalized spacial score (nSPS) is 12.0. The lowest BCUT2D eigenvalue weighted by Crippen LogP contribution is -2.33. The standard InChI is InChI=1S/C18H29NO3/c1-5-6-7-8-11-19(13-15(3)18(20)21)16-12-14(2)9-10-17(16)22-4/h9-10,12,15H,5-8,11,13H2,1-4H3,(H,20,21). The summed E-state index contributed by atoms with van der Waals surface area (Å²) in [4.78, 5) is 13.4. The van der Waals surface area contributed by atoms with Crippen LogP contribution >= 0.6 is 0 Å². The largest absolute Gasteiger partial charge is 0.495 e. The molecule has 0 aliphatic rings. The zero-order chi connectivity index (χ0) is 16.5. The van der Waals surface area contributed by atoms with Crippen LogP contribution < -0.4 is 9.64 Å². The lowest BCUT2D eigenvalue weighted by atomic mass is 10.1. The topological polar surface area (TPSA) is 49.8 Å². The van der Waals surface area contributed by atoms with Gasteiger partial charge in [0.15, 0.2) is 0 Å². The highest BCUT2D eigenvalue weighted by Crippen LogP contribution is 2.30. The SMILES string of the molecule is CCCCCCN(CC(C)C(=O)O)c1cc(C)ccc1OC. The van der Waals surface area contributed by atoms with Crippen molar-refractivity contribution in [3.8, 4) is 5.75 Å². The Balaban J connectivity index is 2.92. The van der Waals surface area contributed by atoms with E-state index in [2.05, 4.69) is 17.9 Å². The van der Waals surface area contributed by atoms with Gasteiger partial charge in [0.1, 0.15) is 5.75 Å². The van der Waals surface area contributed by atoms with Gasteiger partial charge < -0.3 is 14.7 Å². The van der Waals surface area contributed by atoms with E-state index in [1.165, 1.54) is 19.3 Å². The Morgan fingerprint density at radius 2 is 2.05 bits per heavy atom. The van der Waals surface area contributed by atoms with Crippen LogP contribution in [0.1, 0.15) is 45.1 Å². The highest BCUT2D eigenvalue weighted by Gasteiger charge is 2.19. The number of carboxylic acid groups (broad SMARTS) is 1. The van der Waals surface area contributed by atoms with E-state index in [4.69, 9.17) is 4.74 Å². The summed E-state index contributed by atoms with van der Waals surface area (Å²) >= 11 is 0. The average Bonchev–Trinajstić information content (AvgIpc) is 2.50. The molecule has 0 aliphatic heterocycles.